The van der Waals surface area contributed by atoms with Crippen LogP contribution in [-0.2, 0) is 16.1 Å². The summed E-state index contributed by atoms with van der Waals surface area (Å²) in [4.78, 5) is 31.2. The van der Waals surface area contributed by atoms with Crippen molar-refractivity contribution in [1.82, 2.24) is 14.3 Å². The number of rotatable bonds is 5. The summed E-state index contributed by atoms with van der Waals surface area (Å²) in [6, 6.07) is 8.49. The Hall–Kier alpha value is -3.46. The highest BCUT2D eigenvalue weighted by molar-refractivity contribution is 7.07. The van der Waals surface area contributed by atoms with Crippen molar-refractivity contribution in [2.24, 2.45) is 4.99 Å². The SMILES string of the molecule is CCn1nccc1/C=c1/sc2n(c1=O)C(c1ccc(OC)cc1)C(C(=O)OC)=C(C)N=2. The van der Waals surface area contributed by atoms with E-state index in [1.54, 1.807) is 36.9 Å². The molecule has 0 bridgehead atoms. The van der Waals surface area contributed by atoms with Crippen LogP contribution in [0.4, 0.5) is 0 Å². The molecule has 0 spiro atoms. The van der Waals surface area contributed by atoms with Gasteiger partial charge in [0.15, 0.2) is 4.80 Å². The summed E-state index contributed by atoms with van der Waals surface area (Å²) in [6.07, 6.45) is 3.51. The molecule has 160 valence electrons. The number of hydrogen-bond donors (Lipinski definition) is 0. The number of nitrogens with zero attached hydrogens (tertiary/aromatic N) is 4. The van der Waals surface area contributed by atoms with E-state index in [4.69, 9.17) is 9.47 Å². The van der Waals surface area contributed by atoms with E-state index in [1.165, 1.54) is 18.4 Å². The topological polar surface area (TPSA) is 87.7 Å². The Bertz CT molecular complexity index is 1350. The van der Waals surface area contributed by atoms with Gasteiger partial charge < -0.3 is 9.47 Å². The van der Waals surface area contributed by atoms with Crippen LogP contribution in [0.15, 0.2) is 57.6 Å². The molecule has 0 aliphatic carbocycles. The number of hydrogen-bond acceptors (Lipinski definition) is 7. The Morgan fingerprint density at radius 1 is 1.23 bits per heavy atom. The largest absolute Gasteiger partial charge is 0.497 e. The number of aromatic nitrogens is 3. The van der Waals surface area contributed by atoms with Crippen molar-refractivity contribution in [3.8, 4) is 5.75 Å². The first-order valence-electron chi connectivity index (χ1n) is 9.75. The van der Waals surface area contributed by atoms with Crippen LogP contribution in [0.3, 0.4) is 0 Å². The molecule has 4 rings (SSSR count). The zero-order chi connectivity index (χ0) is 22.1. The summed E-state index contributed by atoms with van der Waals surface area (Å²) >= 11 is 1.29. The molecule has 1 aliphatic rings. The third kappa shape index (κ3) is 3.61. The van der Waals surface area contributed by atoms with Gasteiger partial charge in [0.2, 0.25) is 0 Å². The lowest BCUT2D eigenvalue weighted by Gasteiger charge is -2.24. The number of allylic oxidation sites excluding steroid dienone is 1. The quantitative estimate of drug-likeness (QED) is 0.565. The van der Waals surface area contributed by atoms with Crippen LogP contribution in [0.25, 0.3) is 6.08 Å². The maximum atomic E-state index is 13.5. The minimum Gasteiger partial charge on any atom is -0.497 e. The van der Waals surface area contributed by atoms with Crippen molar-refractivity contribution in [2.45, 2.75) is 26.4 Å². The fraction of sp³-hybridized carbons (Fsp3) is 0.273. The van der Waals surface area contributed by atoms with Crippen LogP contribution in [-0.4, -0.2) is 34.5 Å². The lowest BCUT2D eigenvalue weighted by molar-refractivity contribution is -0.136. The molecular weight excluding hydrogens is 416 g/mol. The Morgan fingerprint density at radius 2 is 1.97 bits per heavy atom. The number of carbonyl (C=O) groups is 1. The van der Waals surface area contributed by atoms with Gasteiger partial charge in [0.25, 0.3) is 5.56 Å². The van der Waals surface area contributed by atoms with Crippen LogP contribution >= 0.6 is 11.3 Å². The minimum absolute atomic E-state index is 0.220. The van der Waals surface area contributed by atoms with Crippen molar-refractivity contribution >= 4 is 23.4 Å². The van der Waals surface area contributed by atoms with Gasteiger partial charge >= 0.3 is 5.97 Å². The third-order valence-electron chi connectivity index (χ3n) is 5.19. The molecule has 0 amide bonds. The van der Waals surface area contributed by atoms with Crippen LogP contribution in [0.2, 0.25) is 0 Å². The molecule has 1 unspecified atom stereocenters. The van der Waals surface area contributed by atoms with E-state index in [-0.39, 0.29) is 5.56 Å². The molecular formula is C22H22N4O4S. The van der Waals surface area contributed by atoms with Gasteiger partial charge in [-0.15, -0.1) is 0 Å². The minimum atomic E-state index is -0.646. The maximum Gasteiger partial charge on any atom is 0.338 e. The molecule has 3 aromatic rings. The average molecular weight is 439 g/mol. The highest BCUT2D eigenvalue weighted by atomic mass is 32.1. The Labute approximate surface area is 182 Å². The van der Waals surface area contributed by atoms with Gasteiger partial charge in [0.1, 0.15) is 5.75 Å². The number of thiazole rings is 1. The second-order valence-electron chi connectivity index (χ2n) is 6.92. The van der Waals surface area contributed by atoms with Gasteiger partial charge in [0.05, 0.1) is 41.8 Å². The van der Waals surface area contributed by atoms with E-state index in [9.17, 15) is 9.59 Å². The average Bonchev–Trinajstić information content (AvgIpc) is 3.36. The molecule has 2 aromatic heterocycles. The van der Waals surface area contributed by atoms with E-state index < -0.39 is 12.0 Å². The van der Waals surface area contributed by atoms with Crippen LogP contribution in [0.1, 0.15) is 31.1 Å². The van der Waals surface area contributed by atoms with E-state index in [2.05, 4.69) is 10.1 Å². The predicted molar refractivity (Wildman–Crippen MR) is 117 cm³/mol. The first-order valence-corrected chi connectivity index (χ1v) is 10.6. The molecule has 0 radical (unpaired) electrons. The molecule has 31 heavy (non-hydrogen) atoms. The lowest BCUT2D eigenvalue weighted by Crippen LogP contribution is -2.39. The Balaban J connectivity index is 1.96. The zero-order valence-electron chi connectivity index (χ0n) is 17.7. The maximum absolute atomic E-state index is 13.5. The van der Waals surface area contributed by atoms with E-state index in [1.807, 2.05) is 35.9 Å². The van der Waals surface area contributed by atoms with Crippen LogP contribution in [0, 0.1) is 0 Å². The molecule has 8 nitrogen and oxygen atoms in total. The van der Waals surface area contributed by atoms with Crippen molar-refractivity contribution in [2.75, 3.05) is 14.2 Å². The van der Waals surface area contributed by atoms with Gasteiger partial charge in [-0.2, -0.15) is 5.10 Å². The fourth-order valence-electron chi connectivity index (χ4n) is 3.66. The molecule has 1 aromatic carbocycles. The summed E-state index contributed by atoms with van der Waals surface area (Å²) in [5.41, 5.74) is 2.24. The number of aryl methyl sites for hydroxylation is 1. The van der Waals surface area contributed by atoms with Crippen molar-refractivity contribution in [3.05, 3.63) is 78.7 Å². The monoisotopic (exact) mass is 438 g/mol. The first kappa shape index (κ1) is 20.8. The summed E-state index contributed by atoms with van der Waals surface area (Å²) in [6.45, 7) is 4.44. The summed E-state index contributed by atoms with van der Waals surface area (Å²) in [5, 5.41) is 4.26. The zero-order valence-corrected chi connectivity index (χ0v) is 18.5. The van der Waals surface area contributed by atoms with Gasteiger partial charge in [0, 0.05) is 12.7 Å². The summed E-state index contributed by atoms with van der Waals surface area (Å²) in [5.74, 6) is 0.171. The molecule has 1 aliphatic heterocycles. The molecule has 0 saturated heterocycles. The molecule has 0 N–H and O–H groups in total. The van der Waals surface area contributed by atoms with E-state index in [0.717, 1.165) is 11.3 Å². The third-order valence-corrected chi connectivity index (χ3v) is 6.17. The molecule has 0 fully saturated rings. The Kier molecular flexibility index (Phi) is 5.60. The number of benzene rings is 1. The van der Waals surface area contributed by atoms with Crippen molar-refractivity contribution in [1.29, 1.82) is 0 Å². The molecule has 1 atom stereocenters. The van der Waals surface area contributed by atoms with Gasteiger partial charge in [-0.3, -0.25) is 14.0 Å². The molecule has 9 heteroatoms. The Morgan fingerprint density at radius 3 is 2.61 bits per heavy atom. The predicted octanol–water partition coefficient (Wildman–Crippen LogP) is 1.63. The number of ether oxygens (including phenoxy) is 2. The van der Waals surface area contributed by atoms with E-state index in [0.29, 0.717) is 32.9 Å². The molecule has 0 saturated carbocycles. The van der Waals surface area contributed by atoms with Crippen molar-refractivity contribution < 1.29 is 14.3 Å². The van der Waals surface area contributed by atoms with Crippen molar-refractivity contribution in [3.63, 3.8) is 0 Å². The van der Waals surface area contributed by atoms with Gasteiger partial charge in [-0.25, -0.2) is 9.79 Å². The van der Waals surface area contributed by atoms with E-state index >= 15 is 0 Å². The second-order valence-corrected chi connectivity index (χ2v) is 7.93. The smallest absolute Gasteiger partial charge is 0.338 e. The number of esters is 1. The standard InChI is InChI=1S/C22H22N4O4S/c1-5-25-15(10-11-23-25)12-17-20(27)26-19(14-6-8-16(29-3)9-7-14)18(21(28)30-4)13(2)24-22(26)31-17/h6-12,19H,5H2,1-4H3/b17-12+. The highest BCUT2D eigenvalue weighted by Crippen LogP contribution is 2.31. The highest BCUT2D eigenvalue weighted by Gasteiger charge is 2.33. The normalized spacial score (nSPS) is 16.1. The van der Waals surface area contributed by atoms with Crippen LogP contribution in [0.5, 0.6) is 5.75 Å². The second kappa shape index (κ2) is 8.35. The number of fused-ring (bicyclic) bond motifs is 1. The summed E-state index contributed by atoms with van der Waals surface area (Å²) < 4.78 is 14.2. The lowest BCUT2D eigenvalue weighted by atomic mass is 9.96. The number of carbonyl (C=O) groups excluding carboxylic acids is 1. The van der Waals surface area contributed by atoms with Gasteiger partial charge in [-0.05, 0) is 43.7 Å². The fourth-order valence-corrected chi connectivity index (χ4v) is 4.69. The van der Waals surface area contributed by atoms with Crippen LogP contribution < -0.4 is 19.6 Å². The van der Waals surface area contributed by atoms with Gasteiger partial charge in [-0.1, -0.05) is 23.5 Å². The molecule has 3 heterocycles. The summed E-state index contributed by atoms with van der Waals surface area (Å²) in [7, 11) is 2.91. The first-order chi connectivity index (χ1) is 15.0. The number of methoxy groups -OCH3 is 2.